The second-order valence-electron chi connectivity index (χ2n) is 10.3. The first-order valence-electron chi connectivity index (χ1n) is 12.5. The van der Waals surface area contributed by atoms with Gasteiger partial charge in [0.15, 0.2) is 0 Å². The third-order valence-corrected chi connectivity index (χ3v) is 8.57. The fourth-order valence-electron chi connectivity index (χ4n) is 6.21. The quantitative estimate of drug-likeness (QED) is 0.638. The molecule has 2 aromatic rings. The first kappa shape index (κ1) is 22.3. The van der Waals surface area contributed by atoms with Crippen LogP contribution in [0.4, 0.5) is 4.79 Å². The van der Waals surface area contributed by atoms with Crippen molar-refractivity contribution in [3.8, 4) is 5.75 Å². The molecular weight excluding hydrogens is 410 g/mol. The molecule has 0 bridgehead atoms. The van der Waals surface area contributed by atoms with Gasteiger partial charge in [-0.25, -0.2) is 4.79 Å². The van der Waals surface area contributed by atoms with Crippen LogP contribution in [0.3, 0.4) is 0 Å². The number of rotatable bonds is 7. The van der Waals surface area contributed by atoms with Crippen LogP contribution in [0.25, 0.3) is 0 Å². The van der Waals surface area contributed by atoms with Crippen molar-refractivity contribution in [2.75, 3.05) is 27.2 Å². The van der Waals surface area contributed by atoms with E-state index in [2.05, 4.69) is 64.6 Å². The van der Waals surface area contributed by atoms with E-state index < -0.39 is 0 Å². The van der Waals surface area contributed by atoms with Crippen molar-refractivity contribution in [1.29, 1.82) is 0 Å². The molecule has 1 saturated heterocycles. The highest BCUT2D eigenvalue weighted by Gasteiger charge is 2.54. The number of carbonyl (C=O) groups excluding carboxylic acids is 1. The molecule has 5 nitrogen and oxygen atoms in total. The molecule has 1 N–H and O–H groups in total. The van der Waals surface area contributed by atoms with Gasteiger partial charge in [-0.1, -0.05) is 48.9 Å². The zero-order chi connectivity index (χ0) is 22.9. The fourth-order valence-corrected chi connectivity index (χ4v) is 6.21. The average Bonchev–Trinajstić information content (AvgIpc) is 3.08. The second-order valence-corrected chi connectivity index (χ2v) is 10.3. The summed E-state index contributed by atoms with van der Waals surface area (Å²) in [6.07, 6.45) is 8.01. The highest BCUT2D eigenvalue weighted by molar-refractivity contribution is 5.78. The Bertz CT molecular complexity index is 964. The van der Waals surface area contributed by atoms with E-state index in [9.17, 15) is 4.79 Å². The molecule has 2 aliphatic carbocycles. The van der Waals surface area contributed by atoms with E-state index >= 15 is 0 Å². The minimum absolute atomic E-state index is 0.00207. The summed E-state index contributed by atoms with van der Waals surface area (Å²) >= 11 is 0. The largest absolute Gasteiger partial charge is 0.497 e. The Hall–Kier alpha value is -2.53. The highest BCUT2D eigenvalue weighted by Crippen LogP contribution is 2.47. The van der Waals surface area contributed by atoms with Gasteiger partial charge in [0.2, 0.25) is 0 Å². The molecule has 1 spiro atoms. The molecule has 2 amide bonds. The van der Waals surface area contributed by atoms with Gasteiger partial charge in [-0.3, -0.25) is 0 Å². The summed E-state index contributed by atoms with van der Waals surface area (Å²) in [4.78, 5) is 18.1. The van der Waals surface area contributed by atoms with Gasteiger partial charge in [0.25, 0.3) is 0 Å². The number of nitrogens with zero attached hydrogens (tertiary/aromatic N) is 2. The number of carbonyl (C=O) groups is 1. The summed E-state index contributed by atoms with van der Waals surface area (Å²) < 4.78 is 5.41. The van der Waals surface area contributed by atoms with Crippen molar-refractivity contribution in [2.45, 2.75) is 62.6 Å². The van der Waals surface area contributed by atoms with Crippen LogP contribution in [-0.2, 0) is 12.1 Å². The molecule has 5 heteroatoms. The van der Waals surface area contributed by atoms with E-state index in [0.717, 1.165) is 50.1 Å². The van der Waals surface area contributed by atoms with Crippen LogP contribution in [0.1, 0.15) is 56.1 Å². The fraction of sp³-hybridized carbons (Fsp3) is 0.536. The molecule has 5 rings (SSSR count). The lowest BCUT2D eigenvalue weighted by Crippen LogP contribution is -2.56. The molecule has 2 aromatic carbocycles. The predicted octanol–water partition coefficient (Wildman–Crippen LogP) is 5.16. The molecule has 3 fully saturated rings. The second kappa shape index (κ2) is 9.02. The number of ether oxygens (including phenoxy) is 1. The molecule has 0 aromatic heterocycles. The van der Waals surface area contributed by atoms with Crippen LogP contribution in [0, 0.1) is 5.92 Å². The normalized spacial score (nSPS) is 27.8. The summed E-state index contributed by atoms with van der Waals surface area (Å²) in [7, 11) is 3.78. The van der Waals surface area contributed by atoms with Gasteiger partial charge in [0, 0.05) is 25.2 Å². The van der Waals surface area contributed by atoms with Crippen molar-refractivity contribution in [2.24, 2.45) is 5.92 Å². The number of benzene rings is 2. The minimum Gasteiger partial charge on any atom is -0.497 e. The van der Waals surface area contributed by atoms with Gasteiger partial charge >= 0.3 is 6.03 Å². The monoisotopic (exact) mass is 447 g/mol. The van der Waals surface area contributed by atoms with Crippen LogP contribution in [0.5, 0.6) is 5.75 Å². The van der Waals surface area contributed by atoms with Crippen LogP contribution in [0.2, 0.25) is 0 Å². The molecule has 1 heterocycles. The Morgan fingerprint density at radius 3 is 2.42 bits per heavy atom. The van der Waals surface area contributed by atoms with Crippen LogP contribution in [0.15, 0.2) is 54.6 Å². The maximum absolute atomic E-state index is 13.7. The van der Waals surface area contributed by atoms with Crippen molar-refractivity contribution >= 4 is 6.03 Å². The van der Waals surface area contributed by atoms with E-state index in [1.165, 1.54) is 24.8 Å². The van der Waals surface area contributed by atoms with Crippen molar-refractivity contribution in [1.82, 2.24) is 15.1 Å². The number of hydrogen-bond donors (Lipinski definition) is 1. The van der Waals surface area contributed by atoms with E-state index in [-0.39, 0.29) is 17.1 Å². The molecule has 1 aliphatic heterocycles. The average molecular weight is 448 g/mol. The Morgan fingerprint density at radius 2 is 1.79 bits per heavy atom. The number of hydrogen-bond acceptors (Lipinski definition) is 3. The van der Waals surface area contributed by atoms with E-state index in [0.29, 0.717) is 12.5 Å². The molecule has 3 aliphatic rings. The number of urea groups is 1. The van der Waals surface area contributed by atoms with Crippen LogP contribution < -0.4 is 10.1 Å². The molecule has 33 heavy (non-hydrogen) atoms. The standard InChI is InChI=1S/C28H37N3O2/c1-29-28(24-11-4-3-5-12-24)16-14-27(15-17-28)21-30(19-23-10-7-13-25(18-23)33-2)26(32)31(27)20-22-8-6-9-22/h3-5,7,10-13,18,22,29H,6,8-9,14-17,19-21H2,1-2H3/t27-,28-. The van der Waals surface area contributed by atoms with Gasteiger partial charge in [-0.05, 0) is 74.8 Å². The third-order valence-electron chi connectivity index (χ3n) is 8.57. The van der Waals surface area contributed by atoms with E-state index in [1.807, 2.05) is 12.1 Å². The Morgan fingerprint density at radius 1 is 1.03 bits per heavy atom. The predicted molar refractivity (Wildman–Crippen MR) is 131 cm³/mol. The Kier molecular flexibility index (Phi) is 6.09. The summed E-state index contributed by atoms with van der Waals surface area (Å²) in [5, 5.41) is 3.66. The molecular formula is C28H37N3O2. The van der Waals surface area contributed by atoms with Gasteiger partial charge in [-0.2, -0.15) is 0 Å². The van der Waals surface area contributed by atoms with Gasteiger partial charge < -0.3 is 19.9 Å². The molecule has 0 radical (unpaired) electrons. The van der Waals surface area contributed by atoms with E-state index in [1.54, 1.807) is 7.11 Å². The summed E-state index contributed by atoms with van der Waals surface area (Å²) in [6, 6.07) is 19.2. The molecule has 0 unspecified atom stereocenters. The lowest BCUT2D eigenvalue weighted by molar-refractivity contribution is 0.0584. The number of nitrogens with one attached hydrogen (secondary N) is 1. The summed E-state index contributed by atoms with van der Waals surface area (Å²) in [5.41, 5.74) is 2.44. The lowest BCUT2D eigenvalue weighted by Gasteiger charge is -2.49. The Balaban J connectivity index is 1.38. The Labute approximate surface area is 198 Å². The summed E-state index contributed by atoms with van der Waals surface area (Å²) in [6.45, 7) is 2.39. The van der Waals surface area contributed by atoms with Crippen molar-refractivity contribution in [3.05, 3.63) is 65.7 Å². The third kappa shape index (κ3) is 4.12. The first-order valence-corrected chi connectivity index (χ1v) is 12.5. The zero-order valence-corrected chi connectivity index (χ0v) is 20.1. The maximum Gasteiger partial charge on any atom is 0.320 e. The molecule has 0 atom stereocenters. The zero-order valence-electron chi connectivity index (χ0n) is 20.1. The highest BCUT2D eigenvalue weighted by atomic mass is 16.5. The topological polar surface area (TPSA) is 44.8 Å². The van der Waals surface area contributed by atoms with Crippen molar-refractivity contribution < 1.29 is 9.53 Å². The van der Waals surface area contributed by atoms with Crippen LogP contribution >= 0.6 is 0 Å². The lowest BCUT2D eigenvalue weighted by atomic mass is 9.68. The van der Waals surface area contributed by atoms with Gasteiger partial charge in [-0.15, -0.1) is 0 Å². The summed E-state index contributed by atoms with van der Waals surface area (Å²) in [5.74, 6) is 1.52. The SMILES string of the molecule is CN[C@]1(c2ccccc2)CC[C@@]2(CC1)CN(Cc1cccc(OC)c1)C(=O)N2CC1CCC1. The molecule has 176 valence electrons. The maximum atomic E-state index is 13.7. The van der Waals surface area contributed by atoms with Crippen molar-refractivity contribution in [3.63, 3.8) is 0 Å². The van der Waals surface area contributed by atoms with Gasteiger partial charge in [0.05, 0.1) is 12.6 Å². The van der Waals surface area contributed by atoms with Crippen LogP contribution in [-0.4, -0.2) is 48.6 Å². The van der Waals surface area contributed by atoms with Gasteiger partial charge in [0.1, 0.15) is 5.75 Å². The number of methoxy groups -OCH3 is 1. The van der Waals surface area contributed by atoms with E-state index in [4.69, 9.17) is 4.74 Å². The first-order chi connectivity index (χ1) is 16.1. The smallest absolute Gasteiger partial charge is 0.320 e. The minimum atomic E-state index is -0.0549. The molecule has 2 saturated carbocycles. The number of amides is 2.